The number of hydrogen-bond donors (Lipinski definition) is 1. The van der Waals surface area contributed by atoms with Gasteiger partial charge in [-0.2, -0.15) is 0 Å². The first kappa shape index (κ1) is 33.4. The number of hydrogen-bond acceptors (Lipinski definition) is 3. The summed E-state index contributed by atoms with van der Waals surface area (Å²) in [6, 6.07) is 0. The monoisotopic (exact) mass is 547 g/mol. The molecule has 0 aliphatic heterocycles. The lowest BCUT2D eigenvalue weighted by molar-refractivity contribution is -0.870. The van der Waals surface area contributed by atoms with Crippen LogP contribution in [0.2, 0.25) is 0 Å². The molecule has 1 unspecified atom stereocenters. The summed E-state index contributed by atoms with van der Waals surface area (Å²) >= 11 is 3.39. The van der Waals surface area contributed by atoms with Crippen LogP contribution in [0.25, 0.3) is 0 Å². The van der Waals surface area contributed by atoms with Crippen LogP contribution in [0.15, 0.2) is 12.2 Å². The molecule has 0 fully saturated rings. The molecule has 0 saturated heterocycles. The van der Waals surface area contributed by atoms with Crippen LogP contribution in [-0.4, -0.2) is 63.0 Å². The van der Waals surface area contributed by atoms with Gasteiger partial charge in [0.15, 0.2) is 0 Å². The number of unbranched alkanes of at least 4 members (excludes halogenated alkanes) is 14. The summed E-state index contributed by atoms with van der Waals surface area (Å²) in [5.41, 5.74) is 0.727. The topological polar surface area (TPSA) is 47.6 Å². The van der Waals surface area contributed by atoms with Gasteiger partial charge in [0.2, 0.25) is 6.29 Å². The summed E-state index contributed by atoms with van der Waals surface area (Å²) in [6.07, 6.45) is 19.5. The van der Waals surface area contributed by atoms with Crippen LogP contribution in [0.5, 0.6) is 0 Å². The molecule has 5 nitrogen and oxygen atoms in total. The lowest BCUT2D eigenvalue weighted by Crippen LogP contribution is -2.36. The molecule has 0 aliphatic carbocycles. The van der Waals surface area contributed by atoms with E-state index in [0.717, 1.165) is 42.3 Å². The normalized spacial score (nSPS) is 12.5. The highest BCUT2D eigenvalue weighted by Crippen LogP contribution is 2.14. The van der Waals surface area contributed by atoms with E-state index in [0.29, 0.717) is 18.5 Å². The summed E-state index contributed by atoms with van der Waals surface area (Å²) < 4.78 is 12.2. The van der Waals surface area contributed by atoms with Gasteiger partial charge in [0.05, 0.1) is 34.3 Å². The van der Waals surface area contributed by atoms with E-state index < -0.39 is 12.4 Å². The van der Waals surface area contributed by atoms with Gasteiger partial charge in [-0.15, -0.1) is 0 Å². The molecule has 0 aromatic rings. The Hall–Kier alpha value is -0.590. The highest BCUT2D eigenvalue weighted by atomic mass is 79.9. The molecule has 0 aromatic carbocycles. The van der Waals surface area contributed by atoms with Crippen LogP contribution in [-0.2, 0) is 9.47 Å². The minimum Gasteiger partial charge on any atom is -0.415 e. The largest absolute Gasteiger partial charge is 0.415 e. The molecule has 0 spiro atoms. The molecule has 6 heteroatoms. The second-order valence-corrected chi connectivity index (χ2v) is 11.2. The summed E-state index contributed by atoms with van der Waals surface area (Å²) in [7, 11) is 6.52. The summed E-state index contributed by atoms with van der Waals surface area (Å²) in [5.74, 6) is 0. The van der Waals surface area contributed by atoms with Crippen molar-refractivity contribution < 1.29 is 18.8 Å². The fourth-order valence-electron chi connectivity index (χ4n) is 3.83. The number of alkyl carbamates (subject to hydrolysis) is 1. The molecule has 0 saturated carbocycles. The third kappa shape index (κ3) is 23.2. The van der Waals surface area contributed by atoms with E-state index in [2.05, 4.69) is 55.9 Å². The van der Waals surface area contributed by atoms with E-state index in [1.807, 2.05) is 0 Å². The predicted octanol–water partition coefficient (Wildman–Crippen LogP) is 7.97. The third-order valence-corrected chi connectivity index (χ3v) is 6.73. The Balaban J connectivity index is 3.72. The Morgan fingerprint density at radius 3 is 1.79 bits per heavy atom. The third-order valence-electron chi connectivity index (χ3n) is 6.01. The van der Waals surface area contributed by atoms with Gasteiger partial charge in [-0.1, -0.05) is 113 Å². The molecule has 0 heterocycles. The minimum absolute atomic E-state index is 0.432. The number of carbonyl (C=O) groups is 1. The molecule has 1 amide bonds. The SMILES string of the molecule is C=C(CBr)C(OCCCCCCCCCCCCCCCC)OC(=O)NCCCC[N+](C)(C)C. The molecular formula is C28H56BrN2O3+. The van der Waals surface area contributed by atoms with E-state index in [9.17, 15) is 4.79 Å². The molecule has 0 radical (unpaired) electrons. The number of ether oxygens (including phenoxy) is 2. The fourth-order valence-corrected chi connectivity index (χ4v) is 4.09. The van der Waals surface area contributed by atoms with Crippen molar-refractivity contribution in [2.75, 3.05) is 46.2 Å². The number of amides is 1. The van der Waals surface area contributed by atoms with E-state index in [1.54, 1.807) is 0 Å². The molecule has 34 heavy (non-hydrogen) atoms. The quantitative estimate of drug-likeness (QED) is 0.0437. The van der Waals surface area contributed by atoms with Crippen molar-refractivity contribution in [2.24, 2.45) is 0 Å². The van der Waals surface area contributed by atoms with Crippen LogP contribution in [0.1, 0.15) is 110 Å². The van der Waals surface area contributed by atoms with Crippen molar-refractivity contribution >= 4 is 22.0 Å². The van der Waals surface area contributed by atoms with E-state index in [-0.39, 0.29) is 0 Å². The van der Waals surface area contributed by atoms with Crippen LogP contribution < -0.4 is 5.32 Å². The Kier molecular flexibility index (Phi) is 22.5. The van der Waals surface area contributed by atoms with Crippen molar-refractivity contribution in [2.45, 2.75) is 116 Å². The number of quaternary nitrogens is 1. The molecule has 0 aliphatic rings. The fraction of sp³-hybridized carbons (Fsp3) is 0.893. The molecule has 0 rings (SSSR count). The van der Waals surface area contributed by atoms with E-state index >= 15 is 0 Å². The second kappa shape index (κ2) is 22.8. The molecule has 202 valence electrons. The first-order valence-electron chi connectivity index (χ1n) is 13.9. The maximum Gasteiger partial charge on any atom is 0.409 e. The Labute approximate surface area is 220 Å². The maximum absolute atomic E-state index is 12.1. The summed E-state index contributed by atoms with van der Waals surface area (Å²) in [5, 5.41) is 3.38. The van der Waals surface area contributed by atoms with Crippen molar-refractivity contribution in [1.82, 2.24) is 5.32 Å². The van der Waals surface area contributed by atoms with Gasteiger partial charge in [-0.3, -0.25) is 0 Å². The van der Waals surface area contributed by atoms with Gasteiger partial charge in [0.1, 0.15) is 0 Å². The van der Waals surface area contributed by atoms with Crippen LogP contribution in [0, 0.1) is 0 Å². The van der Waals surface area contributed by atoms with Crippen molar-refractivity contribution in [1.29, 1.82) is 0 Å². The molecule has 1 N–H and O–H groups in total. The van der Waals surface area contributed by atoms with E-state index in [1.165, 1.54) is 77.0 Å². The van der Waals surface area contributed by atoms with Crippen molar-refractivity contribution in [3.63, 3.8) is 0 Å². The average molecular weight is 549 g/mol. The zero-order valence-corrected chi connectivity index (χ0v) is 24.6. The molecular weight excluding hydrogens is 492 g/mol. The van der Waals surface area contributed by atoms with E-state index in [4.69, 9.17) is 9.47 Å². The highest BCUT2D eigenvalue weighted by molar-refractivity contribution is 9.09. The average Bonchev–Trinajstić information content (AvgIpc) is 2.79. The van der Waals surface area contributed by atoms with Gasteiger partial charge in [0, 0.05) is 17.4 Å². The summed E-state index contributed by atoms with van der Waals surface area (Å²) in [4.78, 5) is 12.1. The predicted molar refractivity (Wildman–Crippen MR) is 150 cm³/mol. The lowest BCUT2D eigenvalue weighted by Gasteiger charge is -2.23. The molecule has 0 bridgehead atoms. The maximum atomic E-state index is 12.1. The van der Waals surface area contributed by atoms with Crippen LogP contribution in [0.4, 0.5) is 4.79 Å². The minimum atomic E-state index is -0.687. The smallest absolute Gasteiger partial charge is 0.409 e. The summed E-state index contributed by atoms with van der Waals surface area (Å²) in [6.45, 7) is 8.54. The Morgan fingerprint density at radius 1 is 0.824 bits per heavy atom. The highest BCUT2D eigenvalue weighted by Gasteiger charge is 2.17. The van der Waals surface area contributed by atoms with Crippen LogP contribution >= 0.6 is 15.9 Å². The van der Waals surface area contributed by atoms with Gasteiger partial charge in [-0.25, -0.2) is 4.79 Å². The van der Waals surface area contributed by atoms with Crippen molar-refractivity contribution in [3.05, 3.63) is 12.2 Å². The second-order valence-electron chi connectivity index (χ2n) is 10.6. The standard InChI is InChI=1S/C28H55BrN2O3/c1-6-7-8-9-10-11-12-13-14-15-16-17-18-21-24-33-27(26(2)25-29)34-28(32)30-22-19-20-23-31(3,4)5/h27H,2,6-25H2,1,3-5H3/p+1. The van der Waals surface area contributed by atoms with Crippen molar-refractivity contribution in [3.8, 4) is 0 Å². The van der Waals surface area contributed by atoms with Gasteiger partial charge >= 0.3 is 6.09 Å². The lowest BCUT2D eigenvalue weighted by atomic mass is 10.0. The van der Waals surface area contributed by atoms with Gasteiger partial charge in [0.25, 0.3) is 0 Å². The van der Waals surface area contributed by atoms with Crippen LogP contribution in [0.3, 0.4) is 0 Å². The number of halogens is 1. The zero-order valence-electron chi connectivity index (χ0n) is 23.0. The van der Waals surface area contributed by atoms with Gasteiger partial charge < -0.3 is 19.3 Å². The number of alkyl halides is 1. The number of carbonyl (C=O) groups excluding carboxylic acids is 1. The molecule has 0 aromatic heterocycles. The Bertz CT molecular complexity index is 495. The first-order chi connectivity index (χ1) is 16.3. The number of nitrogens with one attached hydrogen (secondary N) is 1. The Morgan fingerprint density at radius 2 is 1.32 bits per heavy atom. The van der Waals surface area contributed by atoms with Gasteiger partial charge in [-0.05, 0) is 19.3 Å². The zero-order chi connectivity index (χ0) is 25.5. The first-order valence-corrected chi connectivity index (χ1v) is 15.0. The number of nitrogens with zero attached hydrogens (tertiary/aromatic N) is 1. The number of rotatable bonds is 24. The molecule has 1 atom stereocenters.